The van der Waals surface area contributed by atoms with Gasteiger partial charge >= 0.3 is 23.3 Å². The Morgan fingerprint density at radius 2 is 2.00 bits per heavy atom. The number of para-hydroxylation sites is 2. The molecule has 0 aliphatic heterocycles. The maximum absolute atomic E-state index is 13.4. The van der Waals surface area contributed by atoms with Crippen molar-refractivity contribution < 1.29 is 37.2 Å². The lowest BCUT2D eigenvalue weighted by molar-refractivity contribution is -0.153. The maximum atomic E-state index is 13.4. The lowest BCUT2D eigenvalue weighted by Gasteiger charge is -2.19. The molecule has 0 radical (unpaired) electrons. The number of fused-ring (bicyclic) bond motifs is 1. The Morgan fingerprint density at radius 1 is 1.28 bits per heavy atom. The number of aliphatic carboxylic acids is 1. The molecule has 9 nitrogen and oxygen atoms in total. The van der Waals surface area contributed by atoms with Crippen LogP contribution in [0.15, 0.2) is 41.7 Å². The van der Waals surface area contributed by atoms with Crippen LogP contribution >= 0.6 is 11.8 Å². The van der Waals surface area contributed by atoms with E-state index >= 15 is 0 Å². The Balaban J connectivity index is 1.85. The fourth-order valence-electron chi connectivity index (χ4n) is 3.18. The second-order valence-corrected chi connectivity index (χ2v) is 10.1. The molecule has 1 N–H and O–H groups in total. The summed E-state index contributed by atoms with van der Waals surface area (Å²) in [6.07, 6.45) is -3.25. The fourth-order valence-corrected chi connectivity index (χ4v) is 5.15. The third-order valence-corrected chi connectivity index (χ3v) is 7.11. The molecule has 3 aromatic rings. The van der Waals surface area contributed by atoms with E-state index in [1.165, 1.54) is 35.7 Å². The number of benzene rings is 1. The summed E-state index contributed by atoms with van der Waals surface area (Å²) in [6, 6.07) is 7.53. The number of hydrogen-bond acceptors (Lipinski definition) is 7. The van der Waals surface area contributed by atoms with Gasteiger partial charge in [-0.05, 0) is 25.1 Å². The predicted molar refractivity (Wildman–Crippen MR) is 129 cm³/mol. The van der Waals surface area contributed by atoms with Gasteiger partial charge in [0.1, 0.15) is 5.75 Å². The minimum Gasteiger partial charge on any atom is -0.609 e. The summed E-state index contributed by atoms with van der Waals surface area (Å²) < 4.78 is 57.1. The van der Waals surface area contributed by atoms with Crippen molar-refractivity contribution in [3.63, 3.8) is 0 Å². The van der Waals surface area contributed by atoms with Gasteiger partial charge in [-0.2, -0.15) is 18.2 Å². The van der Waals surface area contributed by atoms with Crippen LogP contribution < -0.4 is 4.74 Å². The number of nitrogens with zero attached hydrogens (tertiary/aromatic N) is 4. The van der Waals surface area contributed by atoms with Gasteiger partial charge in [0.05, 0.1) is 22.5 Å². The smallest absolute Gasteiger partial charge is 0.422 e. The Morgan fingerprint density at radius 3 is 2.69 bits per heavy atom. The summed E-state index contributed by atoms with van der Waals surface area (Å²) in [6.45, 7) is 0.290. The number of carboxylic acid groups (broad SMARTS) is 1. The first-order valence-electron chi connectivity index (χ1n) is 10.5. The topological polar surface area (TPSA) is 121 Å². The van der Waals surface area contributed by atoms with Crippen molar-refractivity contribution in [3.05, 3.63) is 47.8 Å². The highest BCUT2D eigenvalue weighted by Crippen LogP contribution is 2.27. The molecule has 2 aromatic heterocycles. The zero-order chi connectivity index (χ0) is 26.5. The molecule has 0 spiro atoms. The summed E-state index contributed by atoms with van der Waals surface area (Å²) in [5.74, 6) is -0.901. The number of rotatable bonds is 10. The number of alkyl halides is 3. The van der Waals surface area contributed by atoms with Gasteiger partial charge in [0.25, 0.3) is 0 Å². The molecule has 2 heterocycles. The first-order chi connectivity index (χ1) is 17.0. The van der Waals surface area contributed by atoms with Crippen molar-refractivity contribution >= 4 is 46.0 Å². The highest BCUT2D eigenvalue weighted by molar-refractivity contribution is 7.99. The van der Waals surface area contributed by atoms with Gasteiger partial charge in [0.15, 0.2) is 12.4 Å². The standard InChI is InChI=1S/C22H23F3N4O5S2/c1-14-16(26-8-7-18(14)34-13-22(23,24)25)12-36(33)20-27-15-5-3-4-6-17(15)29(20)21(32)28(2)9-10-35-11-19(30)31/h3-8H,9-13H2,1-2H3,(H,30,31). The predicted octanol–water partition coefficient (Wildman–Crippen LogP) is 3.71. The van der Waals surface area contributed by atoms with Crippen molar-refractivity contribution in [1.29, 1.82) is 0 Å². The van der Waals surface area contributed by atoms with E-state index in [1.807, 2.05) is 0 Å². The van der Waals surface area contributed by atoms with E-state index in [4.69, 9.17) is 9.84 Å². The van der Waals surface area contributed by atoms with Gasteiger partial charge in [0.2, 0.25) is 0 Å². The number of aromatic nitrogens is 3. The Hall–Kier alpha value is -2.97. The number of thioether (sulfide) groups is 1. The van der Waals surface area contributed by atoms with E-state index in [9.17, 15) is 27.3 Å². The van der Waals surface area contributed by atoms with Crippen LogP contribution in [0.1, 0.15) is 11.3 Å². The first kappa shape index (κ1) is 27.6. The van der Waals surface area contributed by atoms with E-state index in [-0.39, 0.29) is 34.7 Å². The van der Waals surface area contributed by atoms with E-state index in [0.29, 0.717) is 22.3 Å². The lowest BCUT2D eigenvalue weighted by Crippen LogP contribution is -2.34. The third-order valence-electron chi connectivity index (χ3n) is 4.97. The van der Waals surface area contributed by atoms with Gasteiger partial charge in [-0.15, -0.1) is 11.8 Å². The van der Waals surface area contributed by atoms with Crippen LogP contribution in [0.3, 0.4) is 0 Å². The summed E-state index contributed by atoms with van der Waals surface area (Å²) >= 11 is -0.728. The molecule has 3 rings (SSSR count). The quantitative estimate of drug-likeness (QED) is 0.303. The van der Waals surface area contributed by atoms with Gasteiger partial charge in [-0.25, -0.2) is 9.36 Å². The molecule has 0 fully saturated rings. The van der Waals surface area contributed by atoms with Crippen molar-refractivity contribution in [2.75, 3.05) is 31.7 Å². The normalized spacial score (nSPS) is 12.5. The maximum Gasteiger partial charge on any atom is 0.422 e. The molecule has 0 aliphatic rings. The number of halogens is 3. The van der Waals surface area contributed by atoms with Crippen LogP contribution in [0, 0.1) is 6.92 Å². The molecule has 1 atom stereocenters. The van der Waals surface area contributed by atoms with Crippen molar-refractivity contribution in [1.82, 2.24) is 19.4 Å². The Kier molecular flexibility index (Phi) is 9.08. The average molecular weight is 545 g/mol. The van der Waals surface area contributed by atoms with Crippen LogP contribution in [-0.4, -0.2) is 79.0 Å². The molecule has 1 unspecified atom stereocenters. The number of hydrogen-bond donors (Lipinski definition) is 1. The summed E-state index contributed by atoms with van der Waals surface area (Å²) in [5.41, 5.74) is 1.42. The zero-order valence-electron chi connectivity index (χ0n) is 19.3. The highest BCUT2D eigenvalue weighted by atomic mass is 32.2. The average Bonchev–Trinajstić information content (AvgIpc) is 3.20. The molecule has 194 valence electrons. The number of carbonyl (C=O) groups excluding carboxylic acids is 1. The van der Waals surface area contributed by atoms with E-state index < -0.39 is 36.0 Å². The molecular formula is C22H23F3N4O5S2. The Labute approximate surface area is 211 Å². The van der Waals surface area contributed by atoms with E-state index in [1.54, 1.807) is 24.3 Å². The number of ether oxygens (including phenoxy) is 1. The van der Waals surface area contributed by atoms with Gasteiger partial charge in [0, 0.05) is 42.3 Å². The third kappa shape index (κ3) is 7.04. The Bertz CT molecular complexity index is 1240. The summed E-state index contributed by atoms with van der Waals surface area (Å²) in [4.78, 5) is 33.9. The molecule has 1 amide bonds. The minimum absolute atomic E-state index is 0.0301. The van der Waals surface area contributed by atoms with E-state index in [0.717, 1.165) is 11.8 Å². The number of carbonyl (C=O) groups is 2. The van der Waals surface area contributed by atoms with Crippen molar-refractivity contribution in [3.8, 4) is 5.75 Å². The monoisotopic (exact) mass is 544 g/mol. The van der Waals surface area contributed by atoms with Crippen LogP contribution in [0.5, 0.6) is 5.75 Å². The van der Waals surface area contributed by atoms with Crippen LogP contribution in [0.4, 0.5) is 18.0 Å². The minimum atomic E-state index is -4.51. The van der Waals surface area contributed by atoms with Gasteiger partial charge in [-0.3, -0.25) is 9.78 Å². The van der Waals surface area contributed by atoms with Gasteiger partial charge < -0.3 is 19.3 Å². The molecule has 1 aromatic carbocycles. The SMILES string of the molecule is Cc1c(OCC(F)(F)F)ccnc1C[S+]([O-])c1nc2ccccc2n1C(=O)N(C)CCSCC(=O)O. The largest absolute Gasteiger partial charge is 0.609 e. The van der Waals surface area contributed by atoms with E-state index in [2.05, 4.69) is 9.97 Å². The highest BCUT2D eigenvalue weighted by Gasteiger charge is 2.31. The van der Waals surface area contributed by atoms with Gasteiger partial charge in [-0.1, -0.05) is 12.1 Å². The van der Waals surface area contributed by atoms with Crippen LogP contribution in [-0.2, 0) is 21.7 Å². The fraction of sp³-hybridized carbons (Fsp3) is 0.364. The van der Waals surface area contributed by atoms with Crippen molar-refractivity contribution in [2.45, 2.75) is 24.0 Å². The molecule has 0 saturated carbocycles. The van der Waals surface area contributed by atoms with Crippen LogP contribution in [0.25, 0.3) is 11.0 Å². The molecule has 36 heavy (non-hydrogen) atoms. The molecule has 0 bridgehead atoms. The number of pyridine rings is 1. The second kappa shape index (κ2) is 11.8. The zero-order valence-corrected chi connectivity index (χ0v) is 21.0. The number of amides is 1. The molecular weight excluding hydrogens is 521 g/mol. The lowest BCUT2D eigenvalue weighted by atomic mass is 10.2. The van der Waals surface area contributed by atoms with Crippen LogP contribution in [0.2, 0.25) is 0 Å². The molecule has 0 aliphatic carbocycles. The summed E-state index contributed by atoms with van der Waals surface area (Å²) in [7, 11) is 1.54. The molecule has 14 heteroatoms. The second-order valence-electron chi connectivity index (χ2n) is 7.64. The first-order valence-corrected chi connectivity index (χ1v) is 13.0. The summed E-state index contributed by atoms with van der Waals surface area (Å²) in [5, 5.41) is 8.73. The number of imidazole rings is 1. The van der Waals surface area contributed by atoms with Crippen molar-refractivity contribution in [2.24, 2.45) is 0 Å². The molecule has 0 saturated heterocycles. The number of carboxylic acids is 1.